The van der Waals surface area contributed by atoms with E-state index in [0.717, 1.165) is 16.6 Å². The van der Waals surface area contributed by atoms with Crippen LogP contribution in [0.3, 0.4) is 0 Å². The lowest BCUT2D eigenvalue weighted by atomic mass is 10.1. The standard InChI is InChI=1S/C20H15N3/c1-12-11-18-19-14-7-3-5-9-16(14)21-20(19)15-8-4-6-10-17(15)23(18)22-13(12)2/h3-11H,1-2H3/p+1. The molecule has 0 aliphatic heterocycles. The van der Waals surface area contributed by atoms with Crippen LogP contribution in [0.4, 0.5) is 0 Å². The maximum absolute atomic E-state index is 4.92. The SMILES string of the molecule is Cc1cc2c3c4ccccc4nc3c3ccccc3[n+]2[nH]c1C. The van der Waals surface area contributed by atoms with Crippen LogP contribution in [0.1, 0.15) is 11.3 Å². The first kappa shape index (κ1) is 12.6. The highest BCUT2D eigenvalue weighted by molar-refractivity contribution is 6.20. The molecule has 3 aromatic heterocycles. The molecule has 5 rings (SSSR count). The van der Waals surface area contributed by atoms with Gasteiger partial charge in [-0.05, 0) is 31.5 Å². The number of fused-ring (bicyclic) bond motifs is 8. The van der Waals surface area contributed by atoms with Crippen molar-refractivity contribution in [1.29, 1.82) is 0 Å². The van der Waals surface area contributed by atoms with E-state index in [9.17, 15) is 0 Å². The van der Waals surface area contributed by atoms with E-state index in [2.05, 4.69) is 72.0 Å². The summed E-state index contributed by atoms with van der Waals surface area (Å²) in [7, 11) is 0. The van der Waals surface area contributed by atoms with Gasteiger partial charge in [0.05, 0.1) is 27.5 Å². The Morgan fingerprint density at radius 2 is 1.61 bits per heavy atom. The van der Waals surface area contributed by atoms with Crippen molar-refractivity contribution in [2.45, 2.75) is 13.8 Å². The number of hydrogen-bond acceptors (Lipinski definition) is 1. The quantitative estimate of drug-likeness (QED) is 0.337. The average molecular weight is 298 g/mol. The number of nitrogens with one attached hydrogen (secondary N) is 1. The van der Waals surface area contributed by atoms with Crippen LogP contribution < -0.4 is 4.52 Å². The predicted molar refractivity (Wildman–Crippen MR) is 93.7 cm³/mol. The fourth-order valence-corrected chi connectivity index (χ4v) is 3.48. The van der Waals surface area contributed by atoms with Gasteiger partial charge >= 0.3 is 0 Å². The molecular formula is C20H16N3+. The van der Waals surface area contributed by atoms with E-state index in [-0.39, 0.29) is 0 Å². The molecule has 3 heterocycles. The Kier molecular flexibility index (Phi) is 2.35. The van der Waals surface area contributed by atoms with Crippen LogP contribution in [-0.4, -0.2) is 10.1 Å². The Hall–Kier alpha value is -2.94. The molecule has 5 aromatic rings. The first-order valence-electron chi connectivity index (χ1n) is 7.85. The van der Waals surface area contributed by atoms with Gasteiger partial charge in [0.25, 0.3) is 0 Å². The average Bonchev–Trinajstić information content (AvgIpc) is 2.96. The van der Waals surface area contributed by atoms with Crippen LogP contribution in [0.15, 0.2) is 54.6 Å². The molecule has 0 unspecified atom stereocenters. The van der Waals surface area contributed by atoms with E-state index >= 15 is 0 Å². The number of aryl methyl sites for hydroxylation is 2. The summed E-state index contributed by atoms with van der Waals surface area (Å²) in [5.74, 6) is 0. The molecule has 0 spiro atoms. The maximum Gasteiger partial charge on any atom is 0.246 e. The van der Waals surface area contributed by atoms with Gasteiger partial charge in [0.15, 0.2) is 0 Å². The van der Waals surface area contributed by atoms with Gasteiger partial charge in [-0.25, -0.2) is 4.98 Å². The van der Waals surface area contributed by atoms with Gasteiger partial charge in [0.1, 0.15) is 0 Å². The van der Waals surface area contributed by atoms with Crippen molar-refractivity contribution >= 4 is 38.2 Å². The third-order valence-electron chi connectivity index (χ3n) is 4.76. The van der Waals surface area contributed by atoms with Crippen LogP contribution >= 0.6 is 0 Å². The van der Waals surface area contributed by atoms with Crippen molar-refractivity contribution in [3.63, 3.8) is 0 Å². The molecule has 110 valence electrons. The zero-order valence-corrected chi connectivity index (χ0v) is 13.1. The fourth-order valence-electron chi connectivity index (χ4n) is 3.48. The molecule has 0 bridgehead atoms. The minimum absolute atomic E-state index is 1.05. The zero-order chi connectivity index (χ0) is 15.6. The Morgan fingerprint density at radius 1 is 0.870 bits per heavy atom. The van der Waals surface area contributed by atoms with Crippen LogP contribution in [0.5, 0.6) is 0 Å². The first-order chi connectivity index (χ1) is 11.2. The summed E-state index contributed by atoms with van der Waals surface area (Å²) in [6, 6.07) is 19.1. The summed E-state index contributed by atoms with van der Waals surface area (Å²) in [5.41, 5.74) is 6.90. The highest BCUT2D eigenvalue weighted by Crippen LogP contribution is 2.32. The normalized spacial score (nSPS) is 11.9. The topological polar surface area (TPSA) is 32.8 Å². The smallest absolute Gasteiger partial charge is 0.246 e. The van der Waals surface area contributed by atoms with Crippen LogP contribution in [0.25, 0.3) is 38.2 Å². The van der Waals surface area contributed by atoms with Gasteiger partial charge < -0.3 is 0 Å². The lowest BCUT2D eigenvalue weighted by Gasteiger charge is -2.03. The van der Waals surface area contributed by atoms with Crippen molar-refractivity contribution < 1.29 is 4.52 Å². The van der Waals surface area contributed by atoms with Crippen molar-refractivity contribution in [3.05, 3.63) is 65.9 Å². The second-order valence-corrected chi connectivity index (χ2v) is 6.15. The molecule has 0 fully saturated rings. The van der Waals surface area contributed by atoms with Crippen LogP contribution in [0.2, 0.25) is 0 Å². The van der Waals surface area contributed by atoms with Gasteiger partial charge in [0.2, 0.25) is 11.0 Å². The zero-order valence-electron chi connectivity index (χ0n) is 13.1. The summed E-state index contributed by atoms with van der Waals surface area (Å²) in [4.78, 5) is 4.92. The van der Waals surface area contributed by atoms with Crippen LogP contribution in [0, 0.1) is 13.8 Å². The number of hydrogen-bond donors (Lipinski definition) is 1. The summed E-state index contributed by atoms with van der Waals surface area (Å²) in [6.45, 7) is 4.26. The van der Waals surface area contributed by atoms with Gasteiger partial charge in [-0.2, -0.15) is 5.10 Å². The molecule has 1 N–H and O–H groups in total. The number of benzene rings is 2. The van der Waals surface area contributed by atoms with Gasteiger partial charge in [0, 0.05) is 17.5 Å². The fraction of sp³-hybridized carbons (Fsp3) is 0.100. The third-order valence-corrected chi connectivity index (χ3v) is 4.76. The van der Waals surface area contributed by atoms with Crippen molar-refractivity contribution in [2.24, 2.45) is 0 Å². The minimum atomic E-state index is 1.05. The predicted octanol–water partition coefficient (Wildman–Crippen LogP) is 4.22. The number of aromatic nitrogens is 3. The van der Waals surface area contributed by atoms with Crippen molar-refractivity contribution in [1.82, 2.24) is 10.1 Å². The third kappa shape index (κ3) is 1.59. The molecule has 0 saturated carbocycles. The lowest BCUT2D eigenvalue weighted by Crippen LogP contribution is -2.29. The first-order valence-corrected chi connectivity index (χ1v) is 7.85. The molecule has 0 amide bonds. The number of rotatable bonds is 0. The molecule has 0 aliphatic rings. The number of para-hydroxylation sites is 2. The molecule has 23 heavy (non-hydrogen) atoms. The van der Waals surface area contributed by atoms with Gasteiger partial charge in [-0.1, -0.05) is 34.8 Å². The minimum Gasteiger partial charge on any atom is -0.247 e. The van der Waals surface area contributed by atoms with E-state index in [4.69, 9.17) is 4.98 Å². The molecule has 3 heteroatoms. The van der Waals surface area contributed by atoms with E-state index in [1.54, 1.807) is 0 Å². The van der Waals surface area contributed by atoms with E-state index < -0.39 is 0 Å². The molecular weight excluding hydrogens is 282 g/mol. The molecule has 0 radical (unpaired) electrons. The second kappa shape index (κ2) is 4.29. The molecule has 2 aromatic carbocycles. The Morgan fingerprint density at radius 3 is 2.48 bits per heavy atom. The molecule has 3 nitrogen and oxygen atoms in total. The summed E-state index contributed by atoms with van der Waals surface area (Å²) >= 11 is 0. The number of pyridine rings is 1. The van der Waals surface area contributed by atoms with Crippen LogP contribution in [-0.2, 0) is 0 Å². The summed E-state index contributed by atoms with van der Waals surface area (Å²) < 4.78 is 2.19. The highest BCUT2D eigenvalue weighted by Gasteiger charge is 2.21. The monoisotopic (exact) mass is 298 g/mol. The van der Waals surface area contributed by atoms with Crippen molar-refractivity contribution in [2.75, 3.05) is 0 Å². The van der Waals surface area contributed by atoms with Crippen molar-refractivity contribution in [3.8, 4) is 0 Å². The van der Waals surface area contributed by atoms with E-state index in [0.29, 0.717) is 0 Å². The number of aromatic amines is 1. The largest absolute Gasteiger partial charge is 0.247 e. The van der Waals surface area contributed by atoms with Gasteiger partial charge in [-0.15, -0.1) is 0 Å². The van der Waals surface area contributed by atoms with Gasteiger partial charge in [-0.3, -0.25) is 0 Å². The lowest BCUT2D eigenvalue weighted by molar-refractivity contribution is -0.552. The maximum atomic E-state index is 4.92. The number of H-pyrrole nitrogens is 1. The summed E-state index contributed by atoms with van der Waals surface area (Å²) in [5, 5.41) is 7.14. The number of nitrogens with zero attached hydrogens (tertiary/aromatic N) is 2. The second-order valence-electron chi connectivity index (χ2n) is 6.15. The Bertz CT molecular complexity index is 1230. The Balaban J connectivity index is 2.22. The molecule has 0 saturated heterocycles. The summed E-state index contributed by atoms with van der Waals surface area (Å²) in [6.07, 6.45) is 0. The van der Waals surface area contributed by atoms with E-state index in [1.165, 1.54) is 32.9 Å². The highest BCUT2D eigenvalue weighted by atomic mass is 15.2. The molecule has 0 aliphatic carbocycles. The molecule has 0 atom stereocenters. The van der Waals surface area contributed by atoms with E-state index in [1.807, 2.05) is 6.07 Å². The Labute approximate surface area is 133 Å².